The van der Waals surface area contributed by atoms with Crippen LogP contribution in [0.1, 0.15) is 26.3 Å². The van der Waals surface area contributed by atoms with Gasteiger partial charge in [-0.2, -0.15) is 0 Å². The van der Waals surface area contributed by atoms with Crippen molar-refractivity contribution in [2.24, 2.45) is 5.41 Å². The summed E-state index contributed by atoms with van der Waals surface area (Å²) in [6.07, 6.45) is 0.401. The Balaban J connectivity index is 1.81. The Morgan fingerprint density at radius 2 is 1.61 bits per heavy atom. The number of halogens is 1. The van der Waals surface area contributed by atoms with Crippen LogP contribution in [0.3, 0.4) is 0 Å². The highest BCUT2D eigenvalue weighted by Gasteiger charge is 2.26. The standard InChI is InChI=1S/C18H25ClN2O2/c1-18(2,3)16(22)13-20-8-10-21(11-9-20)17(23)12-14-4-6-15(19)7-5-14/h4-7H,8-13H2,1-3H3. The fourth-order valence-corrected chi connectivity index (χ4v) is 2.61. The molecule has 1 amide bonds. The van der Waals surface area contributed by atoms with Crippen molar-refractivity contribution < 1.29 is 9.59 Å². The zero-order valence-electron chi connectivity index (χ0n) is 14.1. The van der Waals surface area contributed by atoms with Gasteiger partial charge in [0.05, 0.1) is 13.0 Å². The van der Waals surface area contributed by atoms with Gasteiger partial charge in [-0.05, 0) is 17.7 Å². The Morgan fingerprint density at radius 1 is 1.04 bits per heavy atom. The lowest BCUT2D eigenvalue weighted by Crippen LogP contribution is -2.51. The molecule has 4 nitrogen and oxygen atoms in total. The zero-order valence-corrected chi connectivity index (χ0v) is 14.9. The third-order valence-corrected chi connectivity index (χ3v) is 4.45. The average molecular weight is 337 g/mol. The van der Waals surface area contributed by atoms with Crippen LogP contribution in [0.25, 0.3) is 0 Å². The molecule has 0 radical (unpaired) electrons. The molecule has 1 saturated heterocycles. The normalized spacial score (nSPS) is 16.4. The van der Waals surface area contributed by atoms with Crippen molar-refractivity contribution in [2.45, 2.75) is 27.2 Å². The van der Waals surface area contributed by atoms with Gasteiger partial charge in [0.2, 0.25) is 5.91 Å². The van der Waals surface area contributed by atoms with Crippen LogP contribution in [0.5, 0.6) is 0 Å². The lowest BCUT2D eigenvalue weighted by Gasteiger charge is -2.35. The minimum Gasteiger partial charge on any atom is -0.340 e. The summed E-state index contributed by atoms with van der Waals surface area (Å²) in [6, 6.07) is 7.39. The van der Waals surface area contributed by atoms with E-state index in [1.165, 1.54) is 0 Å². The molecule has 0 atom stereocenters. The molecule has 0 saturated carbocycles. The van der Waals surface area contributed by atoms with Crippen molar-refractivity contribution in [3.05, 3.63) is 34.9 Å². The first kappa shape index (κ1) is 18.0. The molecule has 1 heterocycles. The molecule has 0 aromatic heterocycles. The van der Waals surface area contributed by atoms with Gasteiger partial charge in [-0.1, -0.05) is 44.5 Å². The number of piperazine rings is 1. The summed E-state index contributed by atoms with van der Waals surface area (Å²) in [5, 5.41) is 0.679. The second-order valence-electron chi connectivity index (χ2n) is 7.13. The third kappa shape index (κ3) is 5.33. The number of Topliss-reactive ketones (excluding diaryl/α,β-unsaturated/α-hetero) is 1. The number of hydrogen-bond acceptors (Lipinski definition) is 3. The Labute approximate surface area is 143 Å². The fourth-order valence-electron chi connectivity index (χ4n) is 2.48. The quantitative estimate of drug-likeness (QED) is 0.848. The molecule has 0 spiro atoms. The van der Waals surface area contributed by atoms with E-state index < -0.39 is 0 Å². The van der Waals surface area contributed by atoms with E-state index in [0.717, 1.165) is 18.7 Å². The smallest absolute Gasteiger partial charge is 0.227 e. The number of nitrogens with zero attached hydrogens (tertiary/aromatic N) is 2. The Kier molecular flexibility index (Phi) is 5.82. The van der Waals surface area contributed by atoms with Gasteiger partial charge >= 0.3 is 0 Å². The average Bonchev–Trinajstić information content (AvgIpc) is 2.49. The minimum atomic E-state index is -0.304. The highest BCUT2D eigenvalue weighted by Crippen LogP contribution is 2.16. The van der Waals surface area contributed by atoms with E-state index in [-0.39, 0.29) is 17.1 Å². The van der Waals surface area contributed by atoms with Crippen molar-refractivity contribution in [3.63, 3.8) is 0 Å². The number of ketones is 1. The Hall–Kier alpha value is -1.39. The second-order valence-corrected chi connectivity index (χ2v) is 7.57. The maximum atomic E-state index is 12.3. The summed E-state index contributed by atoms with van der Waals surface area (Å²) < 4.78 is 0. The van der Waals surface area contributed by atoms with Gasteiger partial charge in [0.25, 0.3) is 0 Å². The van der Waals surface area contributed by atoms with E-state index in [1.54, 1.807) is 12.1 Å². The zero-order chi connectivity index (χ0) is 17.0. The highest BCUT2D eigenvalue weighted by molar-refractivity contribution is 6.30. The first-order valence-electron chi connectivity index (χ1n) is 8.03. The molecule has 0 bridgehead atoms. The van der Waals surface area contributed by atoms with Gasteiger partial charge in [-0.25, -0.2) is 0 Å². The van der Waals surface area contributed by atoms with E-state index >= 15 is 0 Å². The Morgan fingerprint density at radius 3 is 2.13 bits per heavy atom. The topological polar surface area (TPSA) is 40.6 Å². The molecule has 0 unspecified atom stereocenters. The SMILES string of the molecule is CC(C)(C)C(=O)CN1CCN(C(=O)Cc2ccc(Cl)cc2)CC1. The fraction of sp³-hybridized carbons (Fsp3) is 0.556. The molecular formula is C18H25ClN2O2. The van der Waals surface area contributed by atoms with Gasteiger partial charge in [0, 0.05) is 36.6 Å². The molecule has 126 valence electrons. The molecular weight excluding hydrogens is 312 g/mol. The highest BCUT2D eigenvalue weighted by atomic mass is 35.5. The first-order valence-corrected chi connectivity index (χ1v) is 8.41. The summed E-state index contributed by atoms with van der Waals surface area (Å²) in [4.78, 5) is 28.5. The van der Waals surface area contributed by atoms with Crippen molar-refractivity contribution in [2.75, 3.05) is 32.7 Å². The largest absolute Gasteiger partial charge is 0.340 e. The third-order valence-electron chi connectivity index (χ3n) is 4.20. The van der Waals surface area contributed by atoms with E-state index in [9.17, 15) is 9.59 Å². The summed E-state index contributed by atoms with van der Waals surface area (Å²) in [6.45, 7) is 9.20. The Bertz CT molecular complexity index is 555. The molecule has 0 N–H and O–H groups in total. The molecule has 1 aliphatic heterocycles. The van der Waals surface area contributed by atoms with Gasteiger partial charge in [-0.15, -0.1) is 0 Å². The molecule has 0 aliphatic carbocycles. The summed E-state index contributed by atoms with van der Waals surface area (Å²) in [7, 11) is 0. The van der Waals surface area contributed by atoms with Crippen molar-refractivity contribution >= 4 is 23.3 Å². The molecule has 1 fully saturated rings. The number of carbonyl (C=O) groups is 2. The van der Waals surface area contributed by atoms with Crippen LogP contribution in [0, 0.1) is 5.41 Å². The van der Waals surface area contributed by atoms with E-state index in [4.69, 9.17) is 11.6 Å². The number of rotatable bonds is 4. The lowest BCUT2D eigenvalue weighted by molar-refractivity contribution is -0.133. The van der Waals surface area contributed by atoms with Crippen LogP contribution in [0.4, 0.5) is 0 Å². The molecule has 1 aromatic carbocycles. The first-order chi connectivity index (χ1) is 10.8. The van der Waals surface area contributed by atoms with Crippen LogP contribution in [0.15, 0.2) is 24.3 Å². The maximum absolute atomic E-state index is 12.3. The molecule has 23 heavy (non-hydrogen) atoms. The molecule has 2 rings (SSSR count). The van der Waals surface area contributed by atoms with Gasteiger partial charge in [0.1, 0.15) is 0 Å². The van der Waals surface area contributed by atoms with E-state index in [0.29, 0.717) is 31.1 Å². The second kappa shape index (κ2) is 7.45. The minimum absolute atomic E-state index is 0.133. The number of benzene rings is 1. The van der Waals surface area contributed by atoms with Crippen LogP contribution in [-0.2, 0) is 16.0 Å². The number of carbonyl (C=O) groups excluding carboxylic acids is 2. The van der Waals surface area contributed by atoms with E-state index in [2.05, 4.69) is 4.90 Å². The monoisotopic (exact) mass is 336 g/mol. The number of hydrogen-bond donors (Lipinski definition) is 0. The van der Waals surface area contributed by atoms with Crippen LogP contribution in [-0.4, -0.2) is 54.2 Å². The summed E-state index contributed by atoms with van der Waals surface area (Å²) in [5.74, 6) is 0.382. The molecule has 5 heteroatoms. The lowest BCUT2D eigenvalue weighted by atomic mass is 9.90. The molecule has 1 aromatic rings. The van der Waals surface area contributed by atoms with Crippen molar-refractivity contribution in [3.8, 4) is 0 Å². The molecule has 1 aliphatic rings. The van der Waals surface area contributed by atoms with Crippen LogP contribution in [0.2, 0.25) is 5.02 Å². The van der Waals surface area contributed by atoms with Crippen LogP contribution >= 0.6 is 11.6 Å². The van der Waals surface area contributed by atoms with Crippen molar-refractivity contribution in [1.82, 2.24) is 9.80 Å². The van der Waals surface area contributed by atoms with Gasteiger partial charge < -0.3 is 4.90 Å². The van der Waals surface area contributed by atoms with Crippen LogP contribution < -0.4 is 0 Å². The maximum Gasteiger partial charge on any atom is 0.227 e. The number of amides is 1. The van der Waals surface area contributed by atoms with Gasteiger partial charge in [-0.3, -0.25) is 14.5 Å². The van der Waals surface area contributed by atoms with Crippen molar-refractivity contribution in [1.29, 1.82) is 0 Å². The van der Waals surface area contributed by atoms with E-state index in [1.807, 2.05) is 37.8 Å². The summed E-state index contributed by atoms with van der Waals surface area (Å²) >= 11 is 5.86. The summed E-state index contributed by atoms with van der Waals surface area (Å²) in [5.41, 5.74) is 0.673. The van der Waals surface area contributed by atoms with Gasteiger partial charge in [0.15, 0.2) is 5.78 Å². The predicted molar refractivity (Wildman–Crippen MR) is 92.6 cm³/mol. The predicted octanol–water partition coefficient (Wildman–Crippen LogP) is 2.64.